The first-order valence-corrected chi connectivity index (χ1v) is 9.48. The molecule has 0 spiro atoms. The van der Waals surface area contributed by atoms with Gasteiger partial charge in [-0.1, -0.05) is 43.3 Å². The fourth-order valence-corrected chi connectivity index (χ4v) is 3.94. The summed E-state index contributed by atoms with van der Waals surface area (Å²) in [6, 6.07) is 19.4. The van der Waals surface area contributed by atoms with Gasteiger partial charge in [-0.25, -0.2) is 0 Å². The maximum Gasteiger partial charge on any atom is 0.0648 e. The Balaban J connectivity index is 0.00000225. The van der Waals surface area contributed by atoms with Crippen LogP contribution in [0, 0.1) is 0 Å². The highest BCUT2D eigenvalue weighted by Crippen LogP contribution is 2.34. The number of nitrogens with zero attached hydrogens (tertiary/aromatic N) is 1. The highest BCUT2D eigenvalue weighted by Gasteiger charge is 2.25. The van der Waals surface area contributed by atoms with E-state index in [9.17, 15) is 10.2 Å². The largest absolute Gasteiger partial charge is 0.394 e. The van der Waals surface area contributed by atoms with Gasteiger partial charge >= 0.3 is 0 Å². The Morgan fingerprint density at radius 2 is 1.64 bits per heavy atom. The van der Waals surface area contributed by atoms with E-state index < -0.39 is 5.54 Å². The van der Waals surface area contributed by atoms with Crippen molar-refractivity contribution in [3.63, 3.8) is 0 Å². The fourth-order valence-electron chi connectivity index (χ4n) is 3.94. The normalized spacial score (nSPS) is 12.0. The van der Waals surface area contributed by atoms with E-state index in [-0.39, 0.29) is 25.6 Å². The highest BCUT2D eigenvalue weighted by molar-refractivity contribution is 6.20. The summed E-state index contributed by atoms with van der Waals surface area (Å²) in [5, 5.41) is 27.7. The van der Waals surface area contributed by atoms with Crippen LogP contribution in [0.5, 0.6) is 0 Å². The maximum atomic E-state index is 9.66. The number of hydrogen-bond donors (Lipinski definition) is 3. The van der Waals surface area contributed by atoms with E-state index in [1.54, 1.807) is 0 Å². The van der Waals surface area contributed by atoms with E-state index in [4.69, 9.17) is 0 Å². The maximum absolute atomic E-state index is 9.66. The summed E-state index contributed by atoms with van der Waals surface area (Å²) in [6.45, 7) is 2.41. The van der Waals surface area contributed by atoms with Crippen LogP contribution in [-0.2, 0) is 13.6 Å². The zero-order chi connectivity index (χ0) is 19.0. The van der Waals surface area contributed by atoms with Gasteiger partial charge < -0.3 is 20.1 Å². The summed E-state index contributed by atoms with van der Waals surface area (Å²) in [4.78, 5) is 0. The molecule has 0 saturated heterocycles. The van der Waals surface area contributed by atoms with Crippen LogP contribution in [-0.4, -0.2) is 33.5 Å². The zero-order valence-electron chi connectivity index (χ0n) is 16.3. The Morgan fingerprint density at radius 3 is 2.36 bits per heavy atom. The van der Waals surface area contributed by atoms with Crippen LogP contribution in [0.2, 0.25) is 0 Å². The summed E-state index contributed by atoms with van der Waals surface area (Å²) < 4.78 is 2.24. The van der Waals surface area contributed by atoms with Gasteiger partial charge in [-0.05, 0) is 41.0 Å². The van der Waals surface area contributed by atoms with Crippen LogP contribution < -0.4 is 5.32 Å². The van der Waals surface area contributed by atoms with Crippen LogP contribution >= 0.6 is 12.4 Å². The lowest BCUT2D eigenvalue weighted by atomic mass is 9.97. The summed E-state index contributed by atoms with van der Waals surface area (Å²) >= 11 is 0. The van der Waals surface area contributed by atoms with Crippen molar-refractivity contribution in [2.75, 3.05) is 13.2 Å². The number of fused-ring (bicyclic) bond motifs is 5. The first-order valence-electron chi connectivity index (χ1n) is 9.48. The third-order valence-electron chi connectivity index (χ3n) is 5.91. The minimum atomic E-state index is -0.638. The van der Waals surface area contributed by atoms with E-state index in [1.165, 1.54) is 32.6 Å². The first-order chi connectivity index (χ1) is 13.1. The van der Waals surface area contributed by atoms with Gasteiger partial charge in [0.2, 0.25) is 0 Å². The average molecular weight is 399 g/mol. The number of benzene rings is 3. The van der Waals surface area contributed by atoms with Crippen molar-refractivity contribution in [3.8, 4) is 0 Å². The molecule has 0 amide bonds. The molecule has 0 atom stereocenters. The molecule has 0 radical (unpaired) electrons. The van der Waals surface area contributed by atoms with Crippen LogP contribution in [0.1, 0.15) is 18.9 Å². The predicted octanol–water partition coefficient (Wildman–Crippen LogP) is 4.13. The summed E-state index contributed by atoms with van der Waals surface area (Å²) in [7, 11) is 2.11. The number of rotatable bonds is 6. The molecule has 4 nitrogen and oxygen atoms in total. The highest BCUT2D eigenvalue weighted by atomic mass is 35.5. The van der Waals surface area contributed by atoms with Crippen LogP contribution in [0.4, 0.5) is 0 Å². The number of aryl methyl sites for hydroxylation is 1. The minimum absolute atomic E-state index is 0. The Bertz CT molecular complexity index is 1110. The lowest BCUT2D eigenvalue weighted by Crippen LogP contribution is -2.50. The number of hydrogen-bond acceptors (Lipinski definition) is 3. The molecular formula is C23H27ClN2O2. The molecule has 1 aromatic heterocycles. The van der Waals surface area contributed by atoms with Crippen molar-refractivity contribution in [1.29, 1.82) is 0 Å². The molecule has 0 unspecified atom stereocenters. The second kappa shape index (κ2) is 8.10. The molecule has 0 aliphatic rings. The molecule has 28 heavy (non-hydrogen) atoms. The Morgan fingerprint density at radius 1 is 0.929 bits per heavy atom. The monoisotopic (exact) mass is 398 g/mol. The van der Waals surface area contributed by atoms with Crippen molar-refractivity contribution >= 4 is 45.0 Å². The number of aromatic nitrogens is 1. The van der Waals surface area contributed by atoms with Gasteiger partial charge in [0.1, 0.15) is 0 Å². The van der Waals surface area contributed by atoms with Crippen molar-refractivity contribution in [2.24, 2.45) is 7.05 Å². The molecule has 4 rings (SSSR count). The molecule has 3 aromatic carbocycles. The number of halogens is 1. The second-order valence-electron chi connectivity index (χ2n) is 7.40. The van der Waals surface area contributed by atoms with Gasteiger partial charge in [0.25, 0.3) is 0 Å². The standard InChI is InChI=1S/C23H26N2O2.ClH/c1-3-23(14-26,15-27)24-13-16-8-10-20-19(12-16)22-18-7-5-4-6-17(18)9-11-21(22)25(20)2;/h4-12,24,26-27H,3,13-15H2,1-2H3;1H. The molecule has 0 aliphatic heterocycles. The lowest BCUT2D eigenvalue weighted by molar-refractivity contribution is 0.0864. The van der Waals surface area contributed by atoms with E-state index in [0.717, 1.165) is 5.56 Å². The topological polar surface area (TPSA) is 57.4 Å². The van der Waals surface area contributed by atoms with Crippen molar-refractivity contribution < 1.29 is 10.2 Å². The van der Waals surface area contributed by atoms with Crippen molar-refractivity contribution in [3.05, 3.63) is 60.2 Å². The first kappa shape index (κ1) is 20.6. The van der Waals surface area contributed by atoms with Crippen LogP contribution in [0.3, 0.4) is 0 Å². The molecule has 4 aromatic rings. The zero-order valence-corrected chi connectivity index (χ0v) is 17.1. The molecule has 3 N–H and O–H groups in total. The fraction of sp³-hybridized carbons (Fsp3) is 0.304. The van der Waals surface area contributed by atoms with Crippen molar-refractivity contribution in [1.82, 2.24) is 9.88 Å². The Kier molecular flexibility index (Phi) is 5.96. The molecule has 0 saturated carbocycles. The molecule has 0 bridgehead atoms. The Labute approximate surface area is 171 Å². The SMILES string of the molecule is CCC(CO)(CO)NCc1ccc2c(c1)c1c3ccccc3ccc1n2C.Cl. The van der Waals surface area contributed by atoms with Gasteiger partial charge in [0, 0.05) is 35.4 Å². The average Bonchev–Trinajstić information content (AvgIpc) is 3.01. The molecular weight excluding hydrogens is 372 g/mol. The quantitative estimate of drug-likeness (QED) is 0.457. The minimum Gasteiger partial charge on any atom is -0.394 e. The third kappa shape index (κ3) is 3.27. The molecule has 5 heteroatoms. The van der Waals surface area contributed by atoms with Crippen molar-refractivity contribution in [2.45, 2.75) is 25.4 Å². The summed E-state index contributed by atoms with van der Waals surface area (Å²) in [6.07, 6.45) is 0.668. The van der Waals surface area contributed by atoms with Crippen LogP contribution in [0.15, 0.2) is 54.6 Å². The van der Waals surface area contributed by atoms with E-state index in [2.05, 4.69) is 71.5 Å². The predicted molar refractivity (Wildman–Crippen MR) is 119 cm³/mol. The molecule has 148 valence electrons. The molecule has 0 aliphatic carbocycles. The van der Waals surface area contributed by atoms with E-state index in [1.807, 2.05) is 6.92 Å². The van der Waals surface area contributed by atoms with E-state index >= 15 is 0 Å². The van der Waals surface area contributed by atoms with Gasteiger partial charge in [-0.3, -0.25) is 0 Å². The Hall–Kier alpha value is -2.11. The number of aliphatic hydroxyl groups excluding tert-OH is 2. The second-order valence-corrected chi connectivity index (χ2v) is 7.40. The summed E-state index contributed by atoms with van der Waals surface area (Å²) in [5.41, 5.74) is 2.93. The number of nitrogens with one attached hydrogen (secondary N) is 1. The van der Waals surface area contributed by atoms with E-state index in [0.29, 0.717) is 13.0 Å². The number of aliphatic hydroxyl groups is 2. The molecule has 0 fully saturated rings. The smallest absolute Gasteiger partial charge is 0.0648 e. The lowest BCUT2D eigenvalue weighted by Gasteiger charge is -2.30. The van der Waals surface area contributed by atoms with Gasteiger partial charge in [0.15, 0.2) is 0 Å². The van der Waals surface area contributed by atoms with Gasteiger partial charge in [-0.15, -0.1) is 12.4 Å². The van der Waals surface area contributed by atoms with Gasteiger partial charge in [0.05, 0.1) is 18.8 Å². The van der Waals surface area contributed by atoms with Crippen LogP contribution in [0.25, 0.3) is 32.6 Å². The summed E-state index contributed by atoms with van der Waals surface area (Å²) in [5.74, 6) is 0. The molecule has 1 heterocycles. The third-order valence-corrected chi connectivity index (χ3v) is 5.91. The van der Waals surface area contributed by atoms with Gasteiger partial charge in [-0.2, -0.15) is 0 Å².